The fourth-order valence-corrected chi connectivity index (χ4v) is 3.99. The van der Waals surface area contributed by atoms with E-state index in [-0.39, 0.29) is 11.8 Å². The number of amides is 2. The van der Waals surface area contributed by atoms with Crippen molar-refractivity contribution in [3.8, 4) is 0 Å². The van der Waals surface area contributed by atoms with Gasteiger partial charge in [-0.15, -0.1) is 0 Å². The molecule has 0 saturated carbocycles. The van der Waals surface area contributed by atoms with Gasteiger partial charge in [-0.2, -0.15) is 0 Å². The van der Waals surface area contributed by atoms with Crippen LogP contribution >= 0.6 is 0 Å². The number of aryl methyl sites for hydroxylation is 2. The summed E-state index contributed by atoms with van der Waals surface area (Å²) < 4.78 is 0. The second kappa shape index (κ2) is 6.94. The number of rotatable bonds is 3. The van der Waals surface area contributed by atoms with Crippen molar-refractivity contribution in [2.24, 2.45) is 0 Å². The lowest BCUT2D eigenvalue weighted by Crippen LogP contribution is -2.35. The summed E-state index contributed by atoms with van der Waals surface area (Å²) in [5, 5.41) is 0. The van der Waals surface area contributed by atoms with E-state index in [0.29, 0.717) is 18.5 Å². The molecule has 4 heteroatoms. The van der Waals surface area contributed by atoms with E-state index >= 15 is 0 Å². The van der Waals surface area contributed by atoms with E-state index < -0.39 is 0 Å². The van der Waals surface area contributed by atoms with Crippen LogP contribution in [0.2, 0.25) is 0 Å². The molecule has 26 heavy (non-hydrogen) atoms. The SMILES string of the molecule is Cc1ccc2c(c1)CCCN2C(=O)c1cccc(CN2CCCC2=O)c1. The molecule has 0 bridgehead atoms. The molecule has 0 spiro atoms. The fourth-order valence-electron chi connectivity index (χ4n) is 3.99. The molecule has 1 fully saturated rings. The third-order valence-corrected chi connectivity index (χ3v) is 5.32. The summed E-state index contributed by atoms with van der Waals surface area (Å²) in [6.45, 7) is 4.25. The largest absolute Gasteiger partial charge is 0.338 e. The van der Waals surface area contributed by atoms with E-state index in [4.69, 9.17) is 0 Å². The van der Waals surface area contributed by atoms with Crippen molar-refractivity contribution in [2.45, 2.75) is 39.2 Å². The predicted octanol–water partition coefficient (Wildman–Crippen LogP) is 3.71. The van der Waals surface area contributed by atoms with Crippen LogP contribution in [0.3, 0.4) is 0 Å². The highest BCUT2D eigenvalue weighted by Gasteiger charge is 2.24. The van der Waals surface area contributed by atoms with Crippen molar-refractivity contribution >= 4 is 17.5 Å². The predicted molar refractivity (Wildman–Crippen MR) is 102 cm³/mol. The molecule has 2 amide bonds. The Morgan fingerprint density at radius 3 is 2.69 bits per heavy atom. The lowest BCUT2D eigenvalue weighted by Gasteiger charge is -2.30. The average Bonchev–Trinajstić information content (AvgIpc) is 3.05. The van der Waals surface area contributed by atoms with Crippen LogP contribution in [0.15, 0.2) is 42.5 Å². The smallest absolute Gasteiger partial charge is 0.258 e. The first-order chi connectivity index (χ1) is 12.6. The summed E-state index contributed by atoms with van der Waals surface area (Å²) in [6.07, 6.45) is 3.59. The minimum Gasteiger partial charge on any atom is -0.338 e. The maximum atomic E-state index is 13.1. The summed E-state index contributed by atoms with van der Waals surface area (Å²) in [5.41, 5.74) is 5.24. The Labute approximate surface area is 154 Å². The topological polar surface area (TPSA) is 40.6 Å². The first kappa shape index (κ1) is 16.8. The van der Waals surface area contributed by atoms with Crippen LogP contribution in [0.25, 0.3) is 0 Å². The van der Waals surface area contributed by atoms with Gasteiger partial charge in [0.25, 0.3) is 5.91 Å². The van der Waals surface area contributed by atoms with Crippen LogP contribution in [-0.4, -0.2) is 29.8 Å². The zero-order valence-electron chi connectivity index (χ0n) is 15.2. The molecule has 134 valence electrons. The number of likely N-dealkylation sites (tertiary alicyclic amines) is 1. The number of carbonyl (C=O) groups is 2. The minimum atomic E-state index is 0.0457. The molecule has 2 aliphatic heterocycles. The van der Waals surface area contributed by atoms with Crippen molar-refractivity contribution < 1.29 is 9.59 Å². The first-order valence-electron chi connectivity index (χ1n) is 9.40. The number of benzene rings is 2. The Hall–Kier alpha value is -2.62. The fraction of sp³-hybridized carbons (Fsp3) is 0.364. The van der Waals surface area contributed by atoms with Crippen molar-refractivity contribution in [2.75, 3.05) is 18.0 Å². The Morgan fingerprint density at radius 1 is 1.04 bits per heavy atom. The molecule has 2 aliphatic rings. The van der Waals surface area contributed by atoms with Crippen LogP contribution in [-0.2, 0) is 17.8 Å². The van der Waals surface area contributed by atoms with Gasteiger partial charge >= 0.3 is 0 Å². The van der Waals surface area contributed by atoms with E-state index in [9.17, 15) is 9.59 Å². The number of fused-ring (bicyclic) bond motifs is 1. The molecule has 2 aromatic rings. The highest BCUT2D eigenvalue weighted by molar-refractivity contribution is 6.06. The van der Waals surface area contributed by atoms with Gasteiger partial charge in [0.1, 0.15) is 0 Å². The number of hydrogen-bond acceptors (Lipinski definition) is 2. The lowest BCUT2D eigenvalue weighted by atomic mass is 9.98. The molecule has 4 nitrogen and oxygen atoms in total. The molecular weight excluding hydrogens is 324 g/mol. The molecule has 0 aliphatic carbocycles. The summed E-state index contributed by atoms with van der Waals surface area (Å²) in [7, 11) is 0. The highest BCUT2D eigenvalue weighted by Crippen LogP contribution is 2.29. The number of nitrogens with zero attached hydrogens (tertiary/aromatic N) is 2. The van der Waals surface area contributed by atoms with Crippen LogP contribution in [0.1, 0.15) is 46.3 Å². The second-order valence-electron chi connectivity index (χ2n) is 7.31. The van der Waals surface area contributed by atoms with Gasteiger partial charge in [-0.1, -0.05) is 29.8 Å². The van der Waals surface area contributed by atoms with Gasteiger partial charge in [-0.3, -0.25) is 9.59 Å². The third kappa shape index (κ3) is 3.24. The van der Waals surface area contributed by atoms with Crippen LogP contribution in [0.5, 0.6) is 0 Å². The summed E-state index contributed by atoms with van der Waals surface area (Å²) in [4.78, 5) is 28.8. The van der Waals surface area contributed by atoms with Crippen LogP contribution in [0, 0.1) is 6.92 Å². The Balaban J connectivity index is 1.57. The van der Waals surface area contributed by atoms with Gasteiger partial charge in [0.15, 0.2) is 0 Å². The molecule has 1 saturated heterocycles. The lowest BCUT2D eigenvalue weighted by molar-refractivity contribution is -0.128. The van der Waals surface area contributed by atoms with Crippen LogP contribution in [0.4, 0.5) is 5.69 Å². The summed E-state index contributed by atoms with van der Waals surface area (Å²) in [5.74, 6) is 0.256. The first-order valence-corrected chi connectivity index (χ1v) is 9.40. The molecule has 0 aromatic heterocycles. The van der Waals surface area contributed by atoms with Crippen molar-refractivity contribution in [3.63, 3.8) is 0 Å². The number of carbonyl (C=O) groups excluding carboxylic acids is 2. The summed E-state index contributed by atoms with van der Waals surface area (Å²) >= 11 is 0. The van der Waals surface area contributed by atoms with E-state index in [1.54, 1.807) is 0 Å². The van der Waals surface area contributed by atoms with Gasteiger partial charge in [0.2, 0.25) is 5.91 Å². The monoisotopic (exact) mass is 348 g/mol. The quantitative estimate of drug-likeness (QED) is 0.848. The normalized spacial score (nSPS) is 16.7. The van der Waals surface area contributed by atoms with E-state index in [0.717, 1.165) is 43.6 Å². The molecular formula is C22H24N2O2. The summed E-state index contributed by atoms with van der Waals surface area (Å²) in [6, 6.07) is 14.0. The molecule has 4 rings (SSSR count). The zero-order valence-corrected chi connectivity index (χ0v) is 15.2. The second-order valence-corrected chi connectivity index (χ2v) is 7.31. The molecule has 0 radical (unpaired) electrons. The van der Waals surface area contributed by atoms with Gasteiger partial charge in [0, 0.05) is 37.3 Å². The van der Waals surface area contributed by atoms with Crippen molar-refractivity contribution in [1.29, 1.82) is 0 Å². The van der Waals surface area contributed by atoms with Gasteiger partial charge in [-0.25, -0.2) is 0 Å². The van der Waals surface area contributed by atoms with Crippen molar-refractivity contribution in [1.82, 2.24) is 4.90 Å². The molecule has 0 N–H and O–H groups in total. The standard InChI is InChI=1S/C22H24N2O2/c1-16-9-10-20-18(13-16)7-3-12-24(20)22(26)19-6-2-5-17(14-19)15-23-11-4-8-21(23)25/h2,5-6,9-10,13-14H,3-4,7-8,11-12,15H2,1H3. The van der Waals surface area contributed by atoms with Gasteiger partial charge in [0.05, 0.1) is 0 Å². The molecule has 2 heterocycles. The maximum absolute atomic E-state index is 13.1. The molecule has 0 atom stereocenters. The minimum absolute atomic E-state index is 0.0457. The Bertz CT molecular complexity index is 859. The average molecular weight is 348 g/mol. The maximum Gasteiger partial charge on any atom is 0.258 e. The van der Waals surface area contributed by atoms with Gasteiger partial charge in [-0.05, 0) is 55.5 Å². The van der Waals surface area contributed by atoms with Gasteiger partial charge < -0.3 is 9.80 Å². The highest BCUT2D eigenvalue weighted by atomic mass is 16.2. The van der Waals surface area contributed by atoms with Crippen LogP contribution < -0.4 is 4.90 Å². The Morgan fingerprint density at radius 2 is 1.88 bits per heavy atom. The number of hydrogen-bond donors (Lipinski definition) is 0. The Kier molecular flexibility index (Phi) is 4.49. The van der Waals surface area contributed by atoms with E-state index in [2.05, 4.69) is 25.1 Å². The number of anilines is 1. The van der Waals surface area contributed by atoms with Crippen molar-refractivity contribution in [3.05, 3.63) is 64.7 Å². The zero-order chi connectivity index (χ0) is 18.1. The van der Waals surface area contributed by atoms with E-state index in [1.807, 2.05) is 34.1 Å². The van der Waals surface area contributed by atoms with E-state index in [1.165, 1.54) is 11.1 Å². The molecule has 2 aromatic carbocycles. The molecule has 0 unspecified atom stereocenters. The third-order valence-electron chi connectivity index (χ3n) is 5.32.